The van der Waals surface area contributed by atoms with Crippen LogP contribution in [0.4, 0.5) is 10.7 Å². The van der Waals surface area contributed by atoms with Crippen molar-refractivity contribution in [3.05, 3.63) is 18.5 Å². The fourth-order valence-electron chi connectivity index (χ4n) is 3.21. The second kappa shape index (κ2) is 6.94. The summed E-state index contributed by atoms with van der Waals surface area (Å²) in [5, 5.41) is 3.19. The van der Waals surface area contributed by atoms with Crippen LogP contribution in [0.25, 0.3) is 0 Å². The first kappa shape index (κ1) is 15.1. The minimum absolute atomic E-state index is 0.0905. The van der Waals surface area contributed by atoms with Crippen LogP contribution in [0.15, 0.2) is 18.5 Å². The van der Waals surface area contributed by atoms with E-state index in [4.69, 9.17) is 0 Å². The van der Waals surface area contributed by atoms with Gasteiger partial charge in [-0.1, -0.05) is 6.92 Å². The van der Waals surface area contributed by atoms with Crippen molar-refractivity contribution >= 4 is 12.0 Å². The summed E-state index contributed by atoms with van der Waals surface area (Å²) in [6, 6.07) is 2.10. The van der Waals surface area contributed by atoms with Crippen LogP contribution in [-0.4, -0.2) is 53.1 Å². The maximum Gasteiger partial charge on any atom is 0.317 e. The number of hydrogen-bond donors (Lipinski definition) is 1. The van der Waals surface area contributed by atoms with Crippen molar-refractivity contribution < 1.29 is 4.79 Å². The Balaban J connectivity index is 1.53. The van der Waals surface area contributed by atoms with E-state index < -0.39 is 0 Å². The average Bonchev–Trinajstić information content (AvgIpc) is 2.56. The van der Waals surface area contributed by atoms with Gasteiger partial charge in [-0.3, -0.25) is 0 Å². The molecule has 2 fully saturated rings. The first-order valence-corrected chi connectivity index (χ1v) is 8.30. The predicted molar refractivity (Wildman–Crippen MR) is 85.8 cm³/mol. The molecule has 2 amide bonds. The Morgan fingerprint density at radius 2 is 1.91 bits per heavy atom. The Bertz CT molecular complexity index is 487. The summed E-state index contributed by atoms with van der Waals surface area (Å²) in [6.07, 6.45) is 7.84. The van der Waals surface area contributed by atoms with Gasteiger partial charge in [0.05, 0.1) is 0 Å². The van der Waals surface area contributed by atoms with Crippen molar-refractivity contribution in [2.24, 2.45) is 5.92 Å². The molecule has 2 aliphatic heterocycles. The molecule has 0 radical (unpaired) electrons. The summed E-state index contributed by atoms with van der Waals surface area (Å²) >= 11 is 0. The summed E-state index contributed by atoms with van der Waals surface area (Å²) in [6.45, 7) is 5.77. The average molecular weight is 303 g/mol. The molecule has 1 aromatic heterocycles. The summed E-state index contributed by atoms with van der Waals surface area (Å²) in [4.78, 5) is 25.1. The van der Waals surface area contributed by atoms with Crippen LogP contribution < -0.4 is 10.2 Å². The standard InChI is InChI=1S/C16H25N5O/c1-13-5-10-20(11-6-13)16(22)19-14-4-2-9-21(12-14)15-17-7-3-8-18-15/h3,7-8,13-14H,2,4-6,9-12H2,1H3,(H,19,22). The number of carbonyl (C=O) groups excluding carboxylic acids is 1. The van der Waals surface area contributed by atoms with Crippen molar-refractivity contribution in [3.8, 4) is 0 Å². The molecule has 22 heavy (non-hydrogen) atoms. The number of piperidine rings is 2. The van der Waals surface area contributed by atoms with E-state index >= 15 is 0 Å². The topological polar surface area (TPSA) is 61.4 Å². The van der Waals surface area contributed by atoms with Crippen LogP contribution in [0, 0.1) is 5.92 Å². The molecule has 2 saturated heterocycles. The van der Waals surface area contributed by atoms with E-state index in [1.807, 2.05) is 11.0 Å². The molecular formula is C16H25N5O. The summed E-state index contributed by atoms with van der Waals surface area (Å²) < 4.78 is 0. The first-order valence-electron chi connectivity index (χ1n) is 8.30. The van der Waals surface area contributed by atoms with Crippen LogP contribution in [0.1, 0.15) is 32.6 Å². The van der Waals surface area contributed by atoms with E-state index in [0.717, 1.165) is 63.7 Å². The fraction of sp³-hybridized carbons (Fsp3) is 0.688. The number of hydrogen-bond acceptors (Lipinski definition) is 4. The van der Waals surface area contributed by atoms with E-state index in [2.05, 4.69) is 27.1 Å². The largest absolute Gasteiger partial charge is 0.339 e. The minimum Gasteiger partial charge on any atom is -0.339 e. The van der Waals surface area contributed by atoms with Crippen LogP contribution >= 0.6 is 0 Å². The quantitative estimate of drug-likeness (QED) is 0.906. The molecule has 2 aliphatic rings. The van der Waals surface area contributed by atoms with Gasteiger partial charge in [0.1, 0.15) is 0 Å². The lowest BCUT2D eigenvalue weighted by Gasteiger charge is -2.36. The normalized spacial score (nSPS) is 23.4. The molecule has 0 aromatic carbocycles. The maximum atomic E-state index is 12.4. The highest BCUT2D eigenvalue weighted by Crippen LogP contribution is 2.18. The number of rotatable bonds is 2. The minimum atomic E-state index is 0.0905. The zero-order valence-corrected chi connectivity index (χ0v) is 13.2. The van der Waals surface area contributed by atoms with E-state index in [1.165, 1.54) is 0 Å². The van der Waals surface area contributed by atoms with Crippen molar-refractivity contribution in [1.82, 2.24) is 20.2 Å². The van der Waals surface area contributed by atoms with Crippen molar-refractivity contribution in [3.63, 3.8) is 0 Å². The van der Waals surface area contributed by atoms with Gasteiger partial charge in [0, 0.05) is 44.6 Å². The molecular weight excluding hydrogens is 278 g/mol. The second-order valence-electron chi connectivity index (χ2n) is 6.45. The van der Waals surface area contributed by atoms with Gasteiger partial charge in [0.25, 0.3) is 0 Å². The second-order valence-corrected chi connectivity index (χ2v) is 6.45. The lowest BCUT2D eigenvalue weighted by molar-refractivity contribution is 0.169. The molecule has 3 heterocycles. The van der Waals surface area contributed by atoms with Gasteiger partial charge < -0.3 is 15.1 Å². The zero-order chi connectivity index (χ0) is 15.4. The molecule has 0 spiro atoms. The molecule has 3 rings (SSSR count). The third-order valence-electron chi connectivity index (χ3n) is 4.65. The van der Waals surface area contributed by atoms with E-state index in [-0.39, 0.29) is 12.1 Å². The highest BCUT2D eigenvalue weighted by atomic mass is 16.2. The number of likely N-dealkylation sites (tertiary alicyclic amines) is 1. The number of aromatic nitrogens is 2. The van der Waals surface area contributed by atoms with E-state index in [0.29, 0.717) is 0 Å². The van der Waals surface area contributed by atoms with Gasteiger partial charge in [0.2, 0.25) is 5.95 Å². The van der Waals surface area contributed by atoms with Crippen molar-refractivity contribution in [2.75, 3.05) is 31.1 Å². The van der Waals surface area contributed by atoms with Gasteiger partial charge >= 0.3 is 6.03 Å². The third kappa shape index (κ3) is 3.67. The van der Waals surface area contributed by atoms with Gasteiger partial charge in [0.15, 0.2) is 0 Å². The number of anilines is 1. The number of amides is 2. The molecule has 120 valence electrons. The Hall–Kier alpha value is -1.85. The molecule has 6 heteroatoms. The Morgan fingerprint density at radius 3 is 2.64 bits per heavy atom. The van der Waals surface area contributed by atoms with Gasteiger partial charge in [-0.25, -0.2) is 14.8 Å². The highest BCUT2D eigenvalue weighted by molar-refractivity contribution is 5.74. The third-order valence-corrected chi connectivity index (χ3v) is 4.65. The van der Waals surface area contributed by atoms with Crippen LogP contribution in [0.2, 0.25) is 0 Å². The molecule has 1 N–H and O–H groups in total. The maximum absolute atomic E-state index is 12.4. The lowest BCUT2D eigenvalue weighted by Crippen LogP contribution is -2.53. The van der Waals surface area contributed by atoms with Crippen LogP contribution in [-0.2, 0) is 0 Å². The number of nitrogens with zero attached hydrogens (tertiary/aromatic N) is 4. The monoisotopic (exact) mass is 303 g/mol. The Labute approximate surface area is 131 Å². The molecule has 0 aliphatic carbocycles. The molecule has 1 atom stereocenters. The number of nitrogens with one attached hydrogen (secondary N) is 1. The Kier molecular flexibility index (Phi) is 4.75. The summed E-state index contributed by atoms with van der Waals surface area (Å²) in [7, 11) is 0. The molecule has 0 bridgehead atoms. The number of carbonyl (C=O) groups is 1. The fourth-order valence-corrected chi connectivity index (χ4v) is 3.21. The molecule has 1 unspecified atom stereocenters. The number of urea groups is 1. The molecule has 1 aromatic rings. The lowest BCUT2D eigenvalue weighted by atomic mass is 9.99. The Morgan fingerprint density at radius 1 is 1.18 bits per heavy atom. The SMILES string of the molecule is CC1CCN(C(=O)NC2CCCN(c3ncccn3)C2)CC1. The van der Waals surface area contributed by atoms with Gasteiger partial charge in [-0.15, -0.1) is 0 Å². The van der Waals surface area contributed by atoms with Crippen LogP contribution in [0.5, 0.6) is 0 Å². The first-order chi connectivity index (χ1) is 10.7. The summed E-state index contributed by atoms with van der Waals surface area (Å²) in [5.74, 6) is 1.50. The molecule has 6 nitrogen and oxygen atoms in total. The molecule has 0 saturated carbocycles. The van der Waals surface area contributed by atoms with Crippen LogP contribution in [0.3, 0.4) is 0 Å². The van der Waals surface area contributed by atoms with Gasteiger partial charge in [-0.2, -0.15) is 0 Å². The van der Waals surface area contributed by atoms with Crippen molar-refractivity contribution in [2.45, 2.75) is 38.6 Å². The van der Waals surface area contributed by atoms with E-state index in [1.54, 1.807) is 12.4 Å². The van der Waals surface area contributed by atoms with Gasteiger partial charge in [-0.05, 0) is 37.7 Å². The van der Waals surface area contributed by atoms with E-state index in [9.17, 15) is 4.79 Å². The highest BCUT2D eigenvalue weighted by Gasteiger charge is 2.26. The zero-order valence-electron chi connectivity index (χ0n) is 13.2. The smallest absolute Gasteiger partial charge is 0.317 e. The predicted octanol–water partition coefficient (Wildman–Crippen LogP) is 1.89. The van der Waals surface area contributed by atoms with Crippen molar-refractivity contribution in [1.29, 1.82) is 0 Å². The summed E-state index contributed by atoms with van der Waals surface area (Å²) in [5.41, 5.74) is 0.